The number of benzene rings is 4. The number of ether oxygens (including phenoxy) is 1. The molecule has 5 aromatic rings. The van der Waals surface area contributed by atoms with Crippen LogP contribution >= 0.6 is 33.9 Å². The minimum absolute atomic E-state index is 0.191. The number of para-hydroxylation sites is 1. The lowest BCUT2D eigenvalue weighted by Crippen LogP contribution is -2.13. The van der Waals surface area contributed by atoms with Crippen LogP contribution in [0.25, 0.3) is 20.8 Å². The molecule has 0 aliphatic rings. The highest BCUT2D eigenvalue weighted by Gasteiger charge is 2.15. The Labute approximate surface area is 209 Å². The van der Waals surface area contributed by atoms with Crippen LogP contribution in [0.4, 0.5) is 5.69 Å². The fourth-order valence-electron chi connectivity index (χ4n) is 3.45. The second-order valence-corrected chi connectivity index (χ2v) is 9.71. The highest BCUT2D eigenvalue weighted by Crippen LogP contribution is 2.35. The van der Waals surface area contributed by atoms with Crippen LogP contribution in [-0.4, -0.2) is 10.9 Å². The summed E-state index contributed by atoms with van der Waals surface area (Å²) in [6.45, 7) is 0.449. The smallest absolute Gasteiger partial charge is 0.255 e. The summed E-state index contributed by atoms with van der Waals surface area (Å²) in [5.41, 5.74) is 4.21. The lowest BCUT2D eigenvalue weighted by molar-refractivity contribution is 0.102. The summed E-state index contributed by atoms with van der Waals surface area (Å²) in [6, 6.07) is 31.2. The molecule has 0 saturated heterocycles. The van der Waals surface area contributed by atoms with Gasteiger partial charge in [-0.3, -0.25) is 4.79 Å². The van der Waals surface area contributed by atoms with E-state index in [0.717, 1.165) is 35.6 Å². The fraction of sp³-hybridized carbons (Fsp3) is 0.0370. The normalized spacial score (nSPS) is 10.8. The Morgan fingerprint density at radius 1 is 0.909 bits per heavy atom. The molecule has 0 atom stereocenters. The van der Waals surface area contributed by atoms with E-state index in [1.165, 1.54) is 0 Å². The number of halogens is 1. The zero-order valence-electron chi connectivity index (χ0n) is 17.5. The van der Waals surface area contributed by atoms with E-state index in [0.29, 0.717) is 17.9 Å². The molecular weight excluding hydrogens is 543 g/mol. The van der Waals surface area contributed by atoms with E-state index >= 15 is 0 Å². The zero-order valence-corrected chi connectivity index (χ0v) is 20.5. The summed E-state index contributed by atoms with van der Waals surface area (Å²) in [7, 11) is 0. The maximum atomic E-state index is 13.1. The van der Waals surface area contributed by atoms with Crippen molar-refractivity contribution < 1.29 is 9.53 Å². The summed E-state index contributed by atoms with van der Waals surface area (Å²) in [4.78, 5) is 17.9. The summed E-state index contributed by atoms with van der Waals surface area (Å²) < 4.78 is 8.08. The van der Waals surface area contributed by atoms with Crippen LogP contribution in [-0.2, 0) is 6.61 Å². The van der Waals surface area contributed by atoms with Crippen LogP contribution in [0.2, 0.25) is 0 Å². The van der Waals surface area contributed by atoms with Gasteiger partial charge in [-0.15, -0.1) is 11.3 Å². The first-order valence-electron chi connectivity index (χ1n) is 10.4. The number of rotatable bonds is 6. The van der Waals surface area contributed by atoms with Crippen molar-refractivity contribution in [1.29, 1.82) is 0 Å². The predicted octanol–water partition coefficient (Wildman–Crippen LogP) is 7.40. The van der Waals surface area contributed by atoms with Crippen LogP contribution < -0.4 is 10.1 Å². The van der Waals surface area contributed by atoms with Gasteiger partial charge in [0.05, 0.1) is 15.9 Å². The molecule has 1 amide bonds. The highest BCUT2D eigenvalue weighted by atomic mass is 127. The van der Waals surface area contributed by atoms with Crippen LogP contribution in [0.1, 0.15) is 15.9 Å². The lowest BCUT2D eigenvalue weighted by atomic mass is 10.1. The van der Waals surface area contributed by atoms with Crippen molar-refractivity contribution in [2.45, 2.75) is 6.61 Å². The molecule has 0 saturated carbocycles. The minimum atomic E-state index is -0.191. The van der Waals surface area contributed by atoms with Crippen LogP contribution in [0.5, 0.6) is 5.75 Å². The third kappa shape index (κ3) is 5.07. The maximum absolute atomic E-state index is 13.1. The molecule has 0 aliphatic carbocycles. The molecule has 0 spiro atoms. The number of hydrogen-bond acceptors (Lipinski definition) is 4. The Morgan fingerprint density at radius 2 is 1.73 bits per heavy atom. The molecule has 33 heavy (non-hydrogen) atoms. The molecule has 6 heteroatoms. The SMILES string of the molecule is O=C(Nc1ccc(I)cc1-c1nc2ccccc2s1)c1cccc(OCc2ccccc2)c1. The summed E-state index contributed by atoms with van der Waals surface area (Å²) in [6.07, 6.45) is 0. The number of anilines is 1. The van der Waals surface area contributed by atoms with Gasteiger partial charge in [-0.1, -0.05) is 48.5 Å². The Morgan fingerprint density at radius 3 is 2.58 bits per heavy atom. The average Bonchev–Trinajstić information content (AvgIpc) is 3.29. The average molecular weight is 562 g/mol. The van der Waals surface area contributed by atoms with Gasteiger partial charge in [0.1, 0.15) is 17.4 Å². The number of fused-ring (bicyclic) bond motifs is 1. The molecule has 0 bridgehead atoms. The van der Waals surface area contributed by atoms with Gasteiger partial charge in [-0.25, -0.2) is 4.98 Å². The van der Waals surface area contributed by atoms with E-state index in [-0.39, 0.29) is 5.91 Å². The number of nitrogens with zero attached hydrogens (tertiary/aromatic N) is 1. The number of hydrogen-bond donors (Lipinski definition) is 1. The topological polar surface area (TPSA) is 51.2 Å². The van der Waals surface area contributed by atoms with Crippen LogP contribution in [0.3, 0.4) is 0 Å². The highest BCUT2D eigenvalue weighted by molar-refractivity contribution is 14.1. The fourth-order valence-corrected chi connectivity index (χ4v) is 4.94. The quantitative estimate of drug-likeness (QED) is 0.220. The maximum Gasteiger partial charge on any atom is 0.255 e. The van der Waals surface area contributed by atoms with Gasteiger partial charge in [0.25, 0.3) is 5.91 Å². The monoisotopic (exact) mass is 562 g/mol. The number of aromatic nitrogens is 1. The number of carbonyl (C=O) groups excluding carboxylic acids is 1. The Bertz CT molecular complexity index is 1400. The van der Waals surface area contributed by atoms with Crippen molar-refractivity contribution in [2.75, 3.05) is 5.32 Å². The standard InChI is InChI=1S/C27H19IN2O2S/c28-20-13-14-23(22(16-20)27-30-24-11-4-5-12-25(24)33-27)29-26(31)19-9-6-10-21(15-19)32-17-18-7-2-1-3-8-18/h1-16H,17H2,(H,29,31). The van der Waals surface area contributed by atoms with E-state index < -0.39 is 0 Å². The summed E-state index contributed by atoms with van der Waals surface area (Å²) in [5, 5.41) is 3.95. The molecule has 1 heterocycles. The minimum Gasteiger partial charge on any atom is -0.489 e. The van der Waals surface area contributed by atoms with Gasteiger partial charge < -0.3 is 10.1 Å². The van der Waals surface area contributed by atoms with Gasteiger partial charge in [0, 0.05) is 14.7 Å². The first-order chi connectivity index (χ1) is 16.2. The molecular formula is C27H19IN2O2S. The zero-order chi connectivity index (χ0) is 22.6. The summed E-state index contributed by atoms with van der Waals surface area (Å²) in [5.74, 6) is 0.462. The Balaban J connectivity index is 1.38. The van der Waals surface area contributed by atoms with Gasteiger partial charge in [0.15, 0.2) is 0 Å². The molecule has 0 aliphatic heterocycles. The Kier molecular flexibility index (Phi) is 6.37. The third-order valence-electron chi connectivity index (χ3n) is 5.10. The molecule has 0 unspecified atom stereocenters. The molecule has 5 rings (SSSR count). The largest absolute Gasteiger partial charge is 0.489 e. The predicted molar refractivity (Wildman–Crippen MR) is 143 cm³/mol. The van der Waals surface area contributed by atoms with Crippen molar-refractivity contribution in [3.05, 3.63) is 112 Å². The van der Waals surface area contributed by atoms with Crippen molar-refractivity contribution in [3.63, 3.8) is 0 Å². The molecule has 4 aromatic carbocycles. The summed E-state index contributed by atoms with van der Waals surface area (Å²) >= 11 is 3.90. The van der Waals surface area contributed by atoms with Gasteiger partial charge in [-0.05, 0) is 76.7 Å². The van der Waals surface area contributed by atoms with Gasteiger partial charge >= 0.3 is 0 Å². The van der Waals surface area contributed by atoms with Gasteiger partial charge in [0.2, 0.25) is 0 Å². The van der Waals surface area contributed by atoms with E-state index in [9.17, 15) is 4.79 Å². The first-order valence-corrected chi connectivity index (χ1v) is 12.3. The van der Waals surface area contributed by atoms with Crippen molar-refractivity contribution in [1.82, 2.24) is 4.98 Å². The molecule has 4 nitrogen and oxygen atoms in total. The van der Waals surface area contributed by atoms with Crippen molar-refractivity contribution in [2.24, 2.45) is 0 Å². The molecule has 0 radical (unpaired) electrons. The van der Waals surface area contributed by atoms with E-state index in [1.807, 2.05) is 78.9 Å². The van der Waals surface area contributed by atoms with E-state index in [2.05, 4.69) is 34.0 Å². The third-order valence-corrected chi connectivity index (χ3v) is 6.84. The molecule has 0 fully saturated rings. The number of amides is 1. The first kappa shape index (κ1) is 21.6. The van der Waals surface area contributed by atoms with Crippen LogP contribution in [0, 0.1) is 3.57 Å². The number of thiazole rings is 1. The van der Waals surface area contributed by atoms with Crippen molar-refractivity contribution in [3.8, 4) is 16.3 Å². The van der Waals surface area contributed by atoms with Crippen LogP contribution in [0.15, 0.2) is 97.1 Å². The number of nitrogens with one attached hydrogen (secondary N) is 1. The second-order valence-electron chi connectivity index (χ2n) is 7.43. The Hall–Kier alpha value is -3.23. The molecule has 1 N–H and O–H groups in total. The number of carbonyl (C=O) groups is 1. The molecule has 162 valence electrons. The molecule has 1 aromatic heterocycles. The van der Waals surface area contributed by atoms with Gasteiger partial charge in [-0.2, -0.15) is 0 Å². The van der Waals surface area contributed by atoms with Crippen molar-refractivity contribution >= 4 is 55.7 Å². The van der Waals surface area contributed by atoms with E-state index in [4.69, 9.17) is 9.72 Å². The van der Waals surface area contributed by atoms with E-state index in [1.54, 1.807) is 23.5 Å². The second kappa shape index (κ2) is 9.72. The lowest BCUT2D eigenvalue weighted by Gasteiger charge is -2.11.